The lowest BCUT2D eigenvalue weighted by Gasteiger charge is -2.23. The van der Waals surface area contributed by atoms with E-state index in [9.17, 15) is 4.79 Å². The summed E-state index contributed by atoms with van der Waals surface area (Å²) in [5.41, 5.74) is 1.55. The first-order chi connectivity index (χ1) is 9.49. The Hall–Kier alpha value is -1.06. The maximum absolute atomic E-state index is 12.7. The lowest BCUT2D eigenvalue weighted by atomic mass is 9.90. The summed E-state index contributed by atoms with van der Waals surface area (Å²) in [5, 5.41) is 3.90. The van der Waals surface area contributed by atoms with Gasteiger partial charge in [-0.3, -0.25) is 4.79 Å². The molecule has 0 bridgehead atoms. The van der Waals surface area contributed by atoms with Crippen LogP contribution < -0.4 is 10.1 Å². The van der Waals surface area contributed by atoms with Gasteiger partial charge >= 0.3 is 0 Å². The number of nitrogens with one attached hydrogen (secondary N) is 1. The van der Waals surface area contributed by atoms with Crippen molar-refractivity contribution in [2.45, 2.75) is 39.7 Å². The van der Waals surface area contributed by atoms with E-state index in [4.69, 9.17) is 16.3 Å². The molecule has 1 fully saturated rings. The van der Waals surface area contributed by atoms with Crippen molar-refractivity contribution in [2.24, 2.45) is 5.92 Å². The van der Waals surface area contributed by atoms with E-state index < -0.39 is 0 Å². The molecular formula is C16H22ClNO2. The van der Waals surface area contributed by atoms with Crippen molar-refractivity contribution in [1.82, 2.24) is 5.32 Å². The summed E-state index contributed by atoms with van der Waals surface area (Å²) in [4.78, 5) is 12.7. The zero-order valence-electron chi connectivity index (χ0n) is 12.3. The number of benzene rings is 1. The number of carbonyl (C=O) groups excluding carboxylic acids is 1. The van der Waals surface area contributed by atoms with Crippen molar-refractivity contribution in [3.8, 4) is 5.75 Å². The molecule has 1 aromatic rings. The highest BCUT2D eigenvalue weighted by Crippen LogP contribution is 2.30. The van der Waals surface area contributed by atoms with Gasteiger partial charge in [-0.25, -0.2) is 0 Å². The van der Waals surface area contributed by atoms with Gasteiger partial charge in [-0.05, 0) is 57.9 Å². The Morgan fingerprint density at radius 3 is 2.80 bits per heavy atom. The van der Waals surface area contributed by atoms with Crippen molar-refractivity contribution in [3.05, 3.63) is 28.3 Å². The number of ether oxygens (including phenoxy) is 1. The third-order valence-electron chi connectivity index (χ3n) is 3.56. The summed E-state index contributed by atoms with van der Waals surface area (Å²) in [6.07, 6.45) is 2.00. The van der Waals surface area contributed by atoms with E-state index in [1.54, 1.807) is 6.07 Å². The van der Waals surface area contributed by atoms with Crippen LogP contribution in [0.5, 0.6) is 5.75 Å². The molecule has 20 heavy (non-hydrogen) atoms. The fourth-order valence-electron chi connectivity index (χ4n) is 2.49. The first-order valence-corrected chi connectivity index (χ1v) is 7.58. The van der Waals surface area contributed by atoms with Gasteiger partial charge in [-0.1, -0.05) is 11.6 Å². The van der Waals surface area contributed by atoms with Crippen LogP contribution in [0.3, 0.4) is 0 Å². The molecule has 0 saturated carbocycles. The minimum Gasteiger partial charge on any atom is -0.490 e. The van der Waals surface area contributed by atoms with E-state index in [2.05, 4.69) is 5.32 Å². The predicted octanol–water partition coefficient (Wildman–Crippen LogP) is 3.62. The molecule has 0 aromatic heterocycles. The molecule has 1 atom stereocenters. The van der Waals surface area contributed by atoms with Gasteiger partial charge in [-0.15, -0.1) is 0 Å². The topological polar surface area (TPSA) is 38.3 Å². The average molecular weight is 296 g/mol. The Morgan fingerprint density at radius 2 is 2.20 bits per heavy atom. The summed E-state index contributed by atoms with van der Waals surface area (Å²) < 4.78 is 5.79. The summed E-state index contributed by atoms with van der Waals surface area (Å²) in [7, 11) is 0. The number of Topliss-reactive ketones (excluding diaryl/α,β-unsaturated/α-hetero) is 1. The molecule has 1 unspecified atom stereocenters. The monoisotopic (exact) mass is 295 g/mol. The van der Waals surface area contributed by atoms with Gasteiger partial charge in [0.1, 0.15) is 5.75 Å². The van der Waals surface area contributed by atoms with Gasteiger partial charge in [0.15, 0.2) is 5.78 Å². The molecule has 0 spiro atoms. The third kappa shape index (κ3) is 3.53. The van der Waals surface area contributed by atoms with Crippen molar-refractivity contribution in [1.29, 1.82) is 0 Å². The van der Waals surface area contributed by atoms with Crippen molar-refractivity contribution in [2.75, 3.05) is 13.1 Å². The number of piperidine rings is 1. The highest BCUT2D eigenvalue weighted by molar-refractivity contribution is 6.31. The Balaban J connectivity index is 2.32. The summed E-state index contributed by atoms with van der Waals surface area (Å²) in [6.45, 7) is 7.58. The van der Waals surface area contributed by atoms with Crippen LogP contribution in [0, 0.1) is 12.8 Å². The summed E-state index contributed by atoms with van der Waals surface area (Å²) in [6, 6.07) is 3.62. The molecule has 0 aliphatic carbocycles. The molecule has 1 saturated heterocycles. The second kappa shape index (κ2) is 6.59. The largest absolute Gasteiger partial charge is 0.490 e. The van der Waals surface area contributed by atoms with Crippen LogP contribution in [-0.4, -0.2) is 25.0 Å². The number of hydrogen-bond acceptors (Lipinski definition) is 3. The highest BCUT2D eigenvalue weighted by Gasteiger charge is 2.25. The Bertz CT molecular complexity index is 493. The molecule has 3 nitrogen and oxygen atoms in total. The molecule has 110 valence electrons. The Kier molecular flexibility index (Phi) is 5.06. The number of ketones is 1. The molecule has 1 heterocycles. The maximum atomic E-state index is 12.7. The number of aryl methyl sites for hydroxylation is 1. The smallest absolute Gasteiger partial charge is 0.170 e. The van der Waals surface area contributed by atoms with Crippen LogP contribution in [0.25, 0.3) is 0 Å². The van der Waals surface area contributed by atoms with Crippen molar-refractivity contribution in [3.63, 3.8) is 0 Å². The minimum absolute atomic E-state index is 0.0250. The summed E-state index contributed by atoms with van der Waals surface area (Å²) >= 11 is 6.18. The standard InChI is InChI=1S/C16H22ClNO2/c1-10(2)20-15-7-11(3)14(17)8-13(15)16(19)12-5-4-6-18-9-12/h7-8,10,12,18H,4-6,9H2,1-3H3. The van der Waals surface area contributed by atoms with Crippen LogP contribution in [0.2, 0.25) is 5.02 Å². The van der Waals surface area contributed by atoms with Gasteiger partial charge in [0.05, 0.1) is 11.7 Å². The SMILES string of the molecule is Cc1cc(OC(C)C)c(C(=O)C2CCCNC2)cc1Cl. The fourth-order valence-corrected chi connectivity index (χ4v) is 2.66. The van der Waals surface area contributed by atoms with Gasteiger partial charge in [0.2, 0.25) is 0 Å². The van der Waals surface area contributed by atoms with Gasteiger partial charge in [0, 0.05) is 17.5 Å². The lowest BCUT2D eigenvalue weighted by molar-refractivity contribution is 0.0893. The number of carbonyl (C=O) groups is 1. The minimum atomic E-state index is 0.0250. The van der Waals surface area contributed by atoms with Crippen molar-refractivity contribution < 1.29 is 9.53 Å². The number of rotatable bonds is 4. The summed E-state index contributed by atoms with van der Waals surface area (Å²) in [5.74, 6) is 0.809. The van der Waals surface area contributed by atoms with Gasteiger partial charge in [-0.2, -0.15) is 0 Å². The van der Waals surface area contributed by atoms with Gasteiger partial charge < -0.3 is 10.1 Å². The zero-order chi connectivity index (χ0) is 14.7. The molecule has 1 aliphatic heterocycles. The quantitative estimate of drug-likeness (QED) is 0.862. The average Bonchev–Trinajstić information content (AvgIpc) is 2.42. The molecular weight excluding hydrogens is 274 g/mol. The first kappa shape index (κ1) is 15.3. The van der Waals surface area contributed by atoms with E-state index in [0.717, 1.165) is 31.5 Å². The van der Waals surface area contributed by atoms with E-state index >= 15 is 0 Å². The fraction of sp³-hybridized carbons (Fsp3) is 0.562. The van der Waals surface area contributed by atoms with Crippen LogP contribution >= 0.6 is 11.6 Å². The second-order valence-corrected chi connectivity index (χ2v) is 6.08. The Labute approximate surface area is 125 Å². The molecule has 0 amide bonds. The number of halogens is 1. The van der Waals surface area contributed by atoms with E-state index in [0.29, 0.717) is 16.3 Å². The van der Waals surface area contributed by atoms with E-state index in [1.165, 1.54) is 0 Å². The molecule has 4 heteroatoms. The number of hydrogen-bond donors (Lipinski definition) is 1. The predicted molar refractivity (Wildman–Crippen MR) is 81.9 cm³/mol. The molecule has 2 rings (SSSR count). The highest BCUT2D eigenvalue weighted by atomic mass is 35.5. The maximum Gasteiger partial charge on any atom is 0.170 e. The Morgan fingerprint density at radius 1 is 1.45 bits per heavy atom. The zero-order valence-corrected chi connectivity index (χ0v) is 13.1. The van der Waals surface area contributed by atoms with Crippen molar-refractivity contribution >= 4 is 17.4 Å². The van der Waals surface area contributed by atoms with Crippen LogP contribution in [0.15, 0.2) is 12.1 Å². The first-order valence-electron chi connectivity index (χ1n) is 7.20. The van der Waals surface area contributed by atoms with E-state index in [-0.39, 0.29) is 17.8 Å². The third-order valence-corrected chi connectivity index (χ3v) is 3.96. The van der Waals surface area contributed by atoms with Crippen LogP contribution in [-0.2, 0) is 0 Å². The normalized spacial score (nSPS) is 19.1. The van der Waals surface area contributed by atoms with E-state index in [1.807, 2.05) is 26.8 Å². The molecule has 1 N–H and O–H groups in total. The second-order valence-electron chi connectivity index (χ2n) is 5.67. The van der Waals surface area contributed by atoms with Crippen LogP contribution in [0.4, 0.5) is 0 Å². The van der Waals surface area contributed by atoms with Crippen LogP contribution in [0.1, 0.15) is 42.6 Å². The lowest BCUT2D eigenvalue weighted by Crippen LogP contribution is -2.34. The molecule has 1 aliphatic rings. The molecule has 0 radical (unpaired) electrons. The van der Waals surface area contributed by atoms with Gasteiger partial charge in [0.25, 0.3) is 0 Å². The molecule has 1 aromatic carbocycles.